The zero-order chi connectivity index (χ0) is 9.24. The van der Waals surface area contributed by atoms with Crippen molar-refractivity contribution in [2.75, 3.05) is 6.54 Å². The third kappa shape index (κ3) is 1.26. The molecular formula is C7H6F3NO. The van der Waals surface area contributed by atoms with E-state index in [2.05, 4.69) is 4.99 Å². The number of aldehydes is 1. The Bertz CT molecular complexity index is 244. The van der Waals surface area contributed by atoms with Crippen LogP contribution in [0.2, 0.25) is 0 Å². The zero-order valence-corrected chi connectivity index (χ0v) is 6.01. The molecule has 0 amide bonds. The summed E-state index contributed by atoms with van der Waals surface area (Å²) in [4.78, 5) is 13.7. The number of allylic oxidation sites excluding steroid dienone is 1. The van der Waals surface area contributed by atoms with Crippen molar-refractivity contribution in [3.63, 3.8) is 0 Å². The molecule has 0 N–H and O–H groups in total. The lowest BCUT2D eigenvalue weighted by molar-refractivity contribution is -0.196. The molecule has 0 spiro atoms. The van der Waals surface area contributed by atoms with E-state index in [1.165, 1.54) is 6.21 Å². The summed E-state index contributed by atoms with van der Waals surface area (Å²) < 4.78 is 36.7. The summed E-state index contributed by atoms with van der Waals surface area (Å²) in [5.41, 5.74) is -2.40. The van der Waals surface area contributed by atoms with Crippen LogP contribution in [0.5, 0.6) is 0 Å². The number of nitrogens with zero attached hydrogens (tertiary/aromatic N) is 1. The molecule has 0 aromatic heterocycles. The molecule has 2 nitrogen and oxygen atoms in total. The Hall–Kier alpha value is -1.13. The molecule has 1 aliphatic heterocycles. The van der Waals surface area contributed by atoms with Crippen molar-refractivity contribution >= 4 is 12.5 Å². The first-order valence-electron chi connectivity index (χ1n) is 3.22. The van der Waals surface area contributed by atoms with Crippen molar-refractivity contribution in [2.45, 2.75) is 6.18 Å². The number of alkyl halides is 3. The number of halogens is 3. The van der Waals surface area contributed by atoms with Gasteiger partial charge in [-0.2, -0.15) is 13.2 Å². The van der Waals surface area contributed by atoms with E-state index in [-0.39, 0.29) is 6.29 Å². The number of hydrogen-bond acceptors (Lipinski definition) is 2. The van der Waals surface area contributed by atoms with Gasteiger partial charge in [0.15, 0.2) is 5.41 Å². The Balaban J connectivity index is 2.99. The van der Waals surface area contributed by atoms with E-state index in [4.69, 9.17) is 0 Å². The first-order valence-corrected chi connectivity index (χ1v) is 3.22. The largest absolute Gasteiger partial charge is 0.406 e. The molecule has 66 valence electrons. The predicted octanol–water partition coefficient (Wildman–Crippen LogP) is 1.37. The van der Waals surface area contributed by atoms with E-state index in [0.29, 0.717) is 0 Å². The Morgan fingerprint density at radius 3 is 2.42 bits per heavy atom. The molecule has 12 heavy (non-hydrogen) atoms. The van der Waals surface area contributed by atoms with Gasteiger partial charge < -0.3 is 4.79 Å². The zero-order valence-electron chi connectivity index (χ0n) is 6.01. The van der Waals surface area contributed by atoms with Crippen LogP contribution >= 0.6 is 0 Å². The van der Waals surface area contributed by atoms with Gasteiger partial charge in [-0.25, -0.2) is 0 Å². The summed E-state index contributed by atoms with van der Waals surface area (Å²) in [6.45, 7) is -0.545. The van der Waals surface area contributed by atoms with Crippen LogP contribution in [0.15, 0.2) is 17.1 Å². The molecule has 1 rings (SSSR count). The minimum absolute atomic E-state index is 0.111. The monoisotopic (exact) mass is 177 g/mol. The first-order chi connectivity index (χ1) is 5.52. The van der Waals surface area contributed by atoms with Gasteiger partial charge >= 0.3 is 6.18 Å². The SMILES string of the molecule is O=CC1(C(F)(F)F)C=CC=NC1. The second-order valence-electron chi connectivity index (χ2n) is 2.50. The van der Waals surface area contributed by atoms with Crippen LogP contribution in [0, 0.1) is 5.41 Å². The summed E-state index contributed by atoms with van der Waals surface area (Å²) >= 11 is 0. The predicted molar refractivity (Wildman–Crippen MR) is 37.1 cm³/mol. The Morgan fingerprint density at radius 2 is 2.17 bits per heavy atom. The molecule has 1 heterocycles. The highest BCUT2D eigenvalue weighted by atomic mass is 19.4. The molecule has 0 saturated carbocycles. The third-order valence-electron chi connectivity index (χ3n) is 1.68. The van der Waals surface area contributed by atoms with Crippen LogP contribution in [-0.2, 0) is 4.79 Å². The minimum Gasteiger partial charge on any atom is -0.302 e. The van der Waals surface area contributed by atoms with Crippen LogP contribution in [0.3, 0.4) is 0 Å². The van der Waals surface area contributed by atoms with E-state index >= 15 is 0 Å². The topological polar surface area (TPSA) is 29.4 Å². The Labute approximate surface area is 66.8 Å². The maximum atomic E-state index is 12.2. The second-order valence-corrected chi connectivity index (χ2v) is 2.50. The van der Waals surface area contributed by atoms with Gasteiger partial charge in [0.2, 0.25) is 0 Å². The quantitative estimate of drug-likeness (QED) is 0.556. The molecule has 0 bridgehead atoms. The van der Waals surface area contributed by atoms with E-state index in [0.717, 1.165) is 12.2 Å². The number of dihydropyridines is 1. The van der Waals surface area contributed by atoms with Crippen LogP contribution in [0.1, 0.15) is 0 Å². The maximum absolute atomic E-state index is 12.2. The standard InChI is InChI=1S/C7H6F3NO/c8-7(9,10)6(5-12)2-1-3-11-4-6/h1-3,5H,4H2. The van der Waals surface area contributed by atoms with Gasteiger partial charge in [0, 0.05) is 6.21 Å². The molecule has 0 aromatic carbocycles. The van der Waals surface area contributed by atoms with Gasteiger partial charge in [-0.1, -0.05) is 6.08 Å². The average Bonchev–Trinajstić information content (AvgIpc) is 2.04. The first kappa shape index (κ1) is 8.96. The third-order valence-corrected chi connectivity index (χ3v) is 1.68. The smallest absolute Gasteiger partial charge is 0.302 e. The van der Waals surface area contributed by atoms with Crippen molar-refractivity contribution in [3.05, 3.63) is 12.2 Å². The molecule has 0 aliphatic carbocycles. The molecule has 0 saturated heterocycles. The van der Waals surface area contributed by atoms with Crippen molar-refractivity contribution in [3.8, 4) is 0 Å². The van der Waals surface area contributed by atoms with Gasteiger partial charge in [0.05, 0.1) is 6.54 Å². The average molecular weight is 177 g/mol. The second kappa shape index (κ2) is 2.73. The van der Waals surface area contributed by atoms with Crippen LogP contribution in [-0.4, -0.2) is 25.2 Å². The van der Waals surface area contributed by atoms with Gasteiger partial charge in [-0.15, -0.1) is 0 Å². The lowest BCUT2D eigenvalue weighted by atomic mass is 9.87. The van der Waals surface area contributed by atoms with Crippen LogP contribution in [0.25, 0.3) is 0 Å². The highest BCUT2D eigenvalue weighted by Crippen LogP contribution is 2.38. The van der Waals surface area contributed by atoms with Gasteiger partial charge in [-0.3, -0.25) is 4.99 Å². The van der Waals surface area contributed by atoms with Crippen molar-refractivity contribution < 1.29 is 18.0 Å². The van der Waals surface area contributed by atoms with Crippen LogP contribution < -0.4 is 0 Å². The summed E-state index contributed by atoms with van der Waals surface area (Å²) in [7, 11) is 0. The fourth-order valence-corrected chi connectivity index (χ4v) is 0.860. The van der Waals surface area contributed by atoms with Crippen LogP contribution in [0.4, 0.5) is 13.2 Å². The molecule has 5 heteroatoms. The van der Waals surface area contributed by atoms with E-state index in [1.807, 2.05) is 0 Å². The molecule has 0 fully saturated rings. The normalized spacial score (nSPS) is 28.9. The summed E-state index contributed by atoms with van der Waals surface area (Å²) in [6.07, 6.45) is -1.46. The maximum Gasteiger partial charge on any atom is 0.406 e. The van der Waals surface area contributed by atoms with Gasteiger partial charge in [0.1, 0.15) is 6.29 Å². The molecule has 0 radical (unpaired) electrons. The molecule has 1 unspecified atom stereocenters. The Kier molecular flexibility index (Phi) is 2.04. The summed E-state index contributed by atoms with van der Waals surface area (Å²) in [6, 6.07) is 0. The van der Waals surface area contributed by atoms with E-state index < -0.39 is 18.1 Å². The lowest BCUT2D eigenvalue weighted by Crippen LogP contribution is -2.41. The fraction of sp³-hybridized carbons (Fsp3) is 0.429. The highest BCUT2D eigenvalue weighted by Gasteiger charge is 2.53. The summed E-state index contributed by atoms with van der Waals surface area (Å²) in [5, 5.41) is 0. The van der Waals surface area contributed by atoms with Crippen molar-refractivity contribution in [1.29, 1.82) is 0 Å². The molecule has 1 aliphatic rings. The highest BCUT2D eigenvalue weighted by molar-refractivity contribution is 5.77. The van der Waals surface area contributed by atoms with Crippen molar-refractivity contribution in [1.82, 2.24) is 0 Å². The molecule has 0 aromatic rings. The number of carbonyl (C=O) groups is 1. The fourth-order valence-electron chi connectivity index (χ4n) is 0.860. The molecular weight excluding hydrogens is 171 g/mol. The van der Waals surface area contributed by atoms with E-state index in [9.17, 15) is 18.0 Å². The number of carbonyl (C=O) groups excluding carboxylic acids is 1. The van der Waals surface area contributed by atoms with E-state index in [1.54, 1.807) is 0 Å². The molecule has 1 atom stereocenters. The van der Waals surface area contributed by atoms with Gasteiger partial charge in [0.25, 0.3) is 0 Å². The number of aliphatic imine (C=N–C) groups is 1. The van der Waals surface area contributed by atoms with Gasteiger partial charge in [-0.05, 0) is 6.08 Å². The number of hydrogen-bond donors (Lipinski definition) is 0. The lowest BCUT2D eigenvalue weighted by Gasteiger charge is -2.26. The minimum atomic E-state index is -4.55. The van der Waals surface area contributed by atoms with Crippen molar-refractivity contribution in [2.24, 2.45) is 10.4 Å². The summed E-state index contributed by atoms with van der Waals surface area (Å²) in [5.74, 6) is 0. The number of rotatable bonds is 1. The Morgan fingerprint density at radius 1 is 1.50 bits per heavy atom.